The summed E-state index contributed by atoms with van der Waals surface area (Å²) in [6, 6.07) is 7.49. The fourth-order valence-electron chi connectivity index (χ4n) is 2.02. The summed E-state index contributed by atoms with van der Waals surface area (Å²) in [6.07, 6.45) is 0. The van der Waals surface area contributed by atoms with E-state index in [0.29, 0.717) is 10.8 Å². The van der Waals surface area contributed by atoms with Crippen molar-refractivity contribution in [3.8, 4) is 0 Å². The Hall–Kier alpha value is -1.36. The van der Waals surface area contributed by atoms with Crippen molar-refractivity contribution in [1.29, 1.82) is 0 Å². The average Bonchev–Trinajstić information content (AvgIpc) is 2.64. The standard InChI is InChI=1S/C14H11Cl2N3S/c1-7-8(2)20-13-11(7)12(18-14(16)19-13)17-10-5-3-4-9(15)6-10/h3-6H,1-2H3,(H,17,18,19). The van der Waals surface area contributed by atoms with Crippen LogP contribution in [0, 0.1) is 13.8 Å². The van der Waals surface area contributed by atoms with Gasteiger partial charge in [0.05, 0.1) is 5.39 Å². The fraction of sp³-hybridized carbons (Fsp3) is 0.143. The number of hydrogen-bond donors (Lipinski definition) is 1. The van der Waals surface area contributed by atoms with Crippen molar-refractivity contribution in [1.82, 2.24) is 9.97 Å². The van der Waals surface area contributed by atoms with Crippen LogP contribution in [0.5, 0.6) is 0 Å². The molecule has 20 heavy (non-hydrogen) atoms. The molecule has 0 aliphatic carbocycles. The van der Waals surface area contributed by atoms with E-state index in [1.807, 2.05) is 24.3 Å². The fourth-order valence-corrected chi connectivity index (χ4v) is 3.46. The van der Waals surface area contributed by atoms with Crippen LogP contribution < -0.4 is 5.32 Å². The Kier molecular flexibility index (Phi) is 3.54. The molecule has 1 aromatic carbocycles. The zero-order chi connectivity index (χ0) is 14.3. The van der Waals surface area contributed by atoms with Crippen molar-refractivity contribution in [2.45, 2.75) is 13.8 Å². The molecule has 3 nitrogen and oxygen atoms in total. The minimum Gasteiger partial charge on any atom is -0.339 e. The maximum Gasteiger partial charge on any atom is 0.225 e. The Bertz CT molecular complexity index is 798. The Morgan fingerprint density at radius 2 is 1.95 bits per heavy atom. The Morgan fingerprint density at radius 1 is 1.15 bits per heavy atom. The average molecular weight is 324 g/mol. The van der Waals surface area contributed by atoms with Crippen LogP contribution in [0.4, 0.5) is 11.5 Å². The first-order valence-corrected chi connectivity index (χ1v) is 7.57. The van der Waals surface area contributed by atoms with Gasteiger partial charge in [-0.2, -0.15) is 4.98 Å². The van der Waals surface area contributed by atoms with Crippen LogP contribution in [-0.2, 0) is 0 Å². The summed E-state index contributed by atoms with van der Waals surface area (Å²) in [5.41, 5.74) is 2.04. The highest BCUT2D eigenvalue weighted by molar-refractivity contribution is 7.18. The summed E-state index contributed by atoms with van der Waals surface area (Å²) < 4.78 is 0. The lowest BCUT2D eigenvalue weighted by Crippen LogP contribution is -1.96. The van der Waals surface area contributed by atoms with Gasteiger partial charge in [-0.05, 0) is 49.2 Å². The molecule has 3 aromatic rings. The van der Waals surface area contributed by atoms with E-state index in [-0.39, 0.29) is 5.28 Å². The van der Waals surface area contributed by atoms with Gasteiger partial charge in [-0.15, -0.1) is 11.3 Å². The molecule has 0 spiro atoms. The third-order valence-corrected chi connectivity index (χ3v) is 4.59. The van der Waals surface area contributed by atoms with Gasteiger partial charge in [0.2, 0.25) is 5.28 Å². The van der Waals surface area contributed by atoms with Gasteiger partial charge in [0.15, 0.2) is 0 Å². The number of rotatable bonds is 2. The van der Waals surface area contributed by atoms with Gasteiger partial charge < -0.3 is 5.32 Å². The summed E-state index contributed by atoms with van der Waals surface area (Å²) in [7, 11) is 0. The molecule has 2 aromatic heterocycles. The lowest BCUT2D eigenvalue weighted by atomic mass is 10.2. The molecule has 0 saturated heterocycles. The SMILES string of the molecule is Cc1sc2nc(Cl)nc(Nc3cccc(Cl)c3)c2c1C. The third-order valence-electron chi connectivity index (χ3n) is 3.09. The van der Waals surface area contributed by atoms with Crippen LogP contribution in [0.15, 0.2) is 24.3 Å². The third kappa shape index (κ3) is 2.46. The molecular formula is C14H11Cl2N3S. The van der Waals surface area contributed by atoms with Gasteiger partial charge in [0.1, 0.15) is 10.6 Å². The molecule has 0 atom stereocenters. The molecule has 3 rings (SSSR count). The zero-order valence-corrected chi connectivity index (χ0v) is 13.2. The van der Waals surface area contributed by atoms with Gasteiger partial charge in [-0.3, -0.25) is 0 Å². The summed E-state index contributed by atoms with van der Waals surface area (Å²) >= 11 is 13.6. The first-order valence-electron chi connectivity index (χ1n) is 6.00. The van der Waals surface area contributed by atoms with Crippen molar-refractivity contribution >= 4 is 56.3 Å². The highest BCUT2D eigenvalue weighted by Crippen LogP contribution is 2.35. The number of aryl methyl sites for hydroxylation is 2. The number of halogens is 2. The van der Waals surface area contributed by atoms with Crippen LogP contribution >= 0.6 is 34.5 Å². The Labute approximate surface area is 130 Å². The number of anilines is 2. The topological polar surface area (TPSA) is 37.8 Å². The second-order valence-electron chi connectivity index (χ2n) is 4.44. The van der Waals surface area contributed by atoms with Crippen LogP contribution in [0.2, 0.25) is 10.3 Å². The second kappa shape index (κ2) is 5.20. The molecule has 0 amide bonds. The number of aromatic nitrogens is 2. The number of nitrogens with one attached hydrogen (secondary N) is 1. The normalized spacial score (nSPS) is 11.0. The summed E-state index contributed by atoms with van der Waals surface area (Å²) in [5.74, 6) is 0.712. The first kappa shape index (κ1) is 13.6. The van der Waals surface area contributed by atoms with Gasteiger partial charge >= 0.3 is 0 Å². The molecule has 0 radical (unpaired) electrons. The summed E-state index contributed by atoms with van der Waals surface area (Å²) in [4.78, 5) is 10.7. The zero-order valence-electron chi connectivity index (χ0n) is 10.9. The smallest absolute Gasteiger partial charge is 0.225 e. The minimum absolute atomic E-state index is 0.239. The first-order chi connectivity index (χ1) is 9.54. The molecule has 0 unspecified atom stereocenters. The van der Waals surface area contributed by atoms with E-state index in [9.17, 15) is 0 Å². The highest BCUT2D eigenvalue weighted by atomic mass is 35.5. The van der Waals surface area contributed by atoms with Crippen molar-refractivity contribution in [2.24, 2.45) is 0 Å². The van der Waals surface area contributed by atoms with Gasteiger partial charge in [-0.25, -0.2) is 4.98 Å². The van der Waals surface area contributed by atoms with E-state index in [0.717, 1.165) is 15.9 Å². The van der Waals surface area contributed by atoms with E-state index in [1.54, 1.807) is 11.3 Å². The maximum absolute atomic E-state index is 6.00. The Morgan fingerprint density at radius 3 is 2.70 bits per heavy atom. The molecule has 0 aliphatic heterocycles. The number of thiophene rings is 1. The molecule has 0 bridgehead atoms. The van der Waals surface area contributed by atoms with Crippen LogP contribution in [0.25, 0.3) is 10.2 Å². The molecule has 6 heteroatoms. The summed E-state index contributed by atoms with van der Waals surface area (Å²) in [6.45, 7) is 4.13. The van der Waals surface area contributed by atoms with E-state index >= 15 is 0 Å². The molecular weight excluding hydrogens is 313 g/mol. The molecule has 0 saturated carbocycles. The van der Waals surface area contributed by atoms with Gasteiger partial charge in [0.25, 0.3) is 0 Å². The van der Waals surface area contributed by atoms with E-state index in [1.165, 1.54) is 10.4 Å². The predicted molar refractivity (Wildman–Crippen MR) is 86.6 cm³/mol. The van der Waals surface area contributed by atoms with Crippen molar-refractivity contribution < 1.29 is 0 Å². The van der Waals surface area contributed by atoms with Crippen molar-refractivity contribution in [2.75, 3.05) is 5.32 Å². The lowest BCUT2D eigenvalue weighted by Gasteiger charge is -2.08. The second-order valence-corrected chi connectivity index (χ2v) is 6.42. The van der Waals surface area contributed by atoms with Crippen LogP contribution in [0.3, 0.4) is 0 Å². The molecule has 102 valence electrons. The van der Waals surface area contributed by atoms with Crippen LogP contribution in [0.1, 0.15) is 10.4 Å². The van der Waals surface area contributed by atoms with E-state index in [4.69, 9.17) is 23.2 Å². The van der Waals surface area contributed by atoms with Crippen molar-refractivity contribution in [3.63, 3.8) is 0 Å². The number of hydrogen-bond acceptors (Lipinski definition) is 4. The predicted octanol–water partition coefficient (Wildman–Crippen LogP) is 5.36. The van der Waals surface area contributed by atoms with Gasteiger partial charge in [-0.1, -0.05) is 17.7 Å². The molecule has 2 heterocycles. The maximum atomic E-state index is 6.00. The quantitative estimate of drug-likeness (QED) is 0.645. The van der Waals surface area contributed by atoms with Gasteiger partial charge in [0, 0.05) is 15.6 Å². The Balaban J connectivity index is 2.15. The van der Waals surface area contributed by atoms with E-state index < -0.39 is 0 Å². The molecule has 0 fully saturated rings. The number of fused-ring (bicyclic) bond motifs is 1. The molecule has 0 aliphatic rings. The monoisotopic (exact) mass is 323 g/mol. The highest BCUT2D eigenvalue weighted by Gasteiger charge is 2.14. The molecule has 1 N–H and O–H groups in total. The van der Waals surface area contributed by atoms with E-state index in [2.05, 4.69) is 29.1 Å². The largest absolute Gasteiger partial charge is 0.339 e. The summed E-state index contributed by atoms with van der Waals surface area (Å²) in [5, 5.41) is 5.19. The number of benzene rings is 1. The van der Waals surface area contributed by atoms with Crippen molar-refractivity contribution in [3.05, 3.63) is 45.0 Å². The lowest BCUT2D eigenvalue weighted by molar-refractivity contribution is 1.22. The number of nitrogens with zero attached hydrogens (tertiary/aromatic N) is 2. The minimum atomic E-state index is 0.239. The van der Waals surface area contributed by atoms with Crippen LogP contribution in [-0.4, -0.2) is 9.97 Å².